The van der Waals surface area contributed by atoms with Crippen LogP contribution in [0.15, 0.2) is 11.4 Å². The molecule has 4 heteroatoms. The Bertz CT molecular complexity index is 420. The van der Waals surface area contributed by atoms with Crippen LogP contribution in [0.3, 0.4) is 0 Å². The summed E-state index contributed by atoms with van der Waals surface area (Å²) in [6.07, 6.45) is 2.42. The van der Waals surface area contributed by atoms with Crippen molar-refractivity contribution >= 4 is 11.3 Å². The number of ether oxygens (including phenoxy) is 1. The van der Waals surface area contributed by atoms with E-state index < -0.39 is 0 Å². The molecule has 1 fully saturated rings. The Morgan fingerprint density at radius 1 is 1.50 bits per heavy atom. The van der Waals surface area contributed by atoms with Gasteiger partial charge in [-0.05, 0) is 43.7 Å². The first-order valence-electron chi connectivity index (χ1n) is 7.75. The van der Waals surface area contributed by atoms with Crippen LogP contribution in [0.4, 0.5) is 0 Å². The predicted octanol–water partition coefficient (Wildman–Crippen LogP) is 3.33. The van der Waals surface area contributed by atoms with Gasteiger partial charge in [0.15, 0.2) is 0 Å². The van der Waals surface area contributed by atoms with E-state index in [0.717, 1.165) is 26.0 Å². The predicted molar refractivity (Wildman–Crippen MR) is 86.3 cm³/mol. The number of thiophene rings is 1. The van der Waals surface area contributed by atoms with Crippen molar-refractivity contribution in [1.29, 1.82) is 0 Å². The van der Waals surface area contributed by atoms with Crippen LogP contribution in [0.2, 0.25) is 0 Å². The Labute approximate surface area is 127 Å². The van der Waals surface area contributed by atoms with Crippen LogP contribution in [0.5, 0.6) is 0 Å². The molecular weight excluding hydrogens is 268 g/mol. The van der Waals surface area contributed by atoms with Crippen molar-refractivity contribution in [3.63, 3.8) is 0 Å². The molecule has 1 saturated heterocycles. The van der Waals surface area contributed by atoms with Gasteiger partial charge < -0.3 is 10.5 Å². The second kappa shape index (κ2) is 7.03. The molecule has 20 heavy (non-hydrogen) atoms. The van der Waals surface area contributed by atoms with Gasteiger partial charge in [-0.1, -0.05) is 13.8 Å². The molecule has 2 N–H and O–H groups in total. The average molecular weight is 296 g/mol. The molecule has 3 nitrogen and oxygen atoms in total. The molecule has 1 aromatic rings. The molecule has 0 spiro atoms. The third kappa shape index (κ3) is 3.25. The minimum atomic E-state index is 0.187. The minimum absolute atomic E-state index is 0.187. The molecule has 4 atom stereocenters. The maximum atomic E-state index is 6.49. The summed E-state index contributed by atoms with van der Waals surface area (Å²) in [5.74, 6) is 0. The average Bonchev–Trinajstić information content (AvgIpc) is 2.85. The molecule has 1 aliphatic rings. The van der Waals surface area contributed by atoms with Gasteiger partial charge in [-0.2, -0.15) is 0 Å². The molecule has 114 valence electrons. The topological polar surface area (TPSA) is 38.5 Å². The summed E-state index contributed by atoms with van der Waals surface area (Å²) in [5.41, 5.74) is 7.87. The van der Waals surface area contributed by atoms with E-state index in [-0.39, 0.29) is 6.04 Å². The Kier molecular flexibility index (Phi) is 5.61. The highest BCUT2D eigenvalue weighted by molar-refractivity contribution is 7.10. The molecule has 1 aromatic heterocycles. The first-order valence-corrected chi connectivity index (χ1v) is 8.63. The molecule has 0 aromatic carbocycles. The molecule has 2 heterocycles. The van der Waals surface area contributed by atoms with Crippen molar-refractivity contribution in [3.8, 4) is 0 Å². The Morgan fingerprint density at radius 3 is 2.80 bits per heavy atom. The van der Waals surface area contributed by atoms with Gasteiger partial charge >= 0.3 is 0 Å². The van der Waals surface area contributed by atoms with E-state index in [1.807, 2.05) is 11.3 Å². The van der Waals surface area contributed by atoms with Gasteiger partial charge in [0, 0.05) is 23.5 Å². The fourth-order valence-corrected chi connectivity index (χ4v) is 4.19. The maximum Gasteiger partial charge on any atom is 0.0675 e. The minimum Gasteiger partial charge on any atom is -0.376 e. The summed E-state index contributed by atoms with van der Waals surface area (Å²) in [4.78, 5) is 4.04. The van der Waals surface area contributed by atoms with Crippen LogP contribution in [-0.2, 0) is 4.74 Å². The molecule has 0 bridgehead atoms. The van der Waals surface area contributed by atoms with Crippen molar-refractivity contribution in [2.45, 2.75) is 64.8 Å². The lowest BCUT2D eigenvalue weighted by molar-refractivity contribution is -0.0766. The van der Waals surface area contributed by atoms with Gasteiger partial charge in [-0.25, -0.2) is 0 Å². The lowest BCUT2D eigenvalue weighted by Gasteiger charge is -2.45. The summed E-state index contributed by atoms with van der Waals surface area (Å²) in [7, 11) is 0. The lowest BCUT2D eigenvalue weighted by atomic mass is 9.97. The Morgan fingerprint density at radius 2 is 2.25 bits per heavy atom. The van der Waals surface area contributed by atoms with E-state index in [4.69, 9.17) is 10.5 Å². The zero-order valence-electron chi connectivity index (χ0n) is 13.1. The number of morpholine rings is 1. The fourth-order valence-electron chi connectivity index (χ4n) is 3.06. The molecule has 1 aliphatic heterocycles. The van der Waals surface area contributed by atoms with Crippen molar-refractivity contribution in [2.75, 3.05) is 13.2 Å². The van der Waals surface area contributed by atoms with Crippen molar-refractivity contribution in [1.82, 2.24) is 4.90 Å². The second-order valence-electron chi connectivity index (χ2n) is 5.89. The van der Waals surface area contributed by atoms with E-state index in [1.54, 1.807) is 0 Å². The van der Waals surface area contributed by atoms with Crippen LogP contribution < -0.4 is 5.73 Å². The van der Waals surface area contributed by atoms with E-state index in [9.17, 15) is 0 Å². The van der Waals surface area contributed by atoms with Gasteiger partial charge in [0.05, 0.1) is 18.8 Å². The molecule has 2 rings (SSSR count). The molecule has 4 unspecified atom stereocenters. The first kappa shape index (κ1) is 16.0. The van der Waals surface area contributed by atoms with E-state index >= 15 is 0 Å². The first-order chi connectivity index (χ1) is 9.58. The van der Waals surface area contributed by atoms with E-state index in [0.29, 0.717) is 18.2 Å². The number of rotatable bonds is 5. The third-order valence-electron chi connectivity index (χ3n) is 4.39. The quantitative estimate of drug-likeness (QED) is 0.905. The van der Waals surface area contributed by atoms with Gasteiger partial charge in [0.1, 0.15) is 0 Å². The van der Waals surface area contributed by atoms with Crippen molar-refractivity contribution in [3.05, 3.63) is 21.9 Å². The summed E-state index contributed by atoms with van der Waals surface area (Å²) in [6.45, 7) is 10.6. The Hall–Kier alpha value is -0.420. The SMILES string of the molecule is CCC(N)C(c1sccc1C)N1CC(C)OCC1CC. The molecule has 0 amide bonds. The van der Waals surface area contributed by atoms with Gasteiger partial charge in [-0.3, -0.25) is 4.90 Å². The third-order valence-corrected chi connectivity index (χ3v) is 5.48. The smallest absolute Gasteiger partial charge is 0.0675 e. The van der Waals surface area contributed by atoms with Crippen LogP contribution in [-0.4, -0.2) is 36.2 Å². The Balaban J connectivity index is 2.32. The molecule has 0 aliphatic carbocycles. The van der Waals surface area contributed by atoms with Crippen molar-refractivity contribution in [2.24, 2.45) is 5.73 Å². The highest BCUT2D eigenvalue weighted by Gasteiger charge is 2.35. The summed E-state index contributed by atoms with van der Waals surface area (Å²) < 4.78 is 5.84. The zero-order chi connectivity index (χ0) is 14.7. The van der Waals surface area contributed by atoms with E-state index in [1.165, 1.54) is 10.4 Å². The summed E-state index contributed by atoms with van der Waals surface area (Å²) in [5, 5.41) is 2.19. The van der Waals surface area contributed by atoms with Gasteiger partial charge in [0.25, 0.3) is 0 Å². The normalized spacial score (nSPS) is 27.4. The van der Waals surface area contributed by atoms with Crippen LogP contribution in [0, 0.1) is 6.92 Å². The monoisotopic (exact) mass is 296 g/mol. The summed E-state index contributed by atoms with van der Waals surface area (Å²) in [6, 6.07) is 3.21. The maximum absolute atomic E-state index is 6.49. The second-order valence-corrected chi connectivity index (χ2v) is 6.84. The van der Waals surface area contributed by atoms with Gasteiger partial charge in [-0.15, -0.1) is 11.3 Å². The number of aryl methyl sites for hydroxylation is 1. The van der Waals surface area contributed by atoms with Crippen molar-refractivity contribution < 1.29 is 4.74 Å². The highest BCUT2D eigenvalue weighted by atomic mass is 32.1. The number of nitrogens with two attached hydrogens (primary N) is 1. The lowest BCUT2D eigenvalue weighted by Crippen LogP contribution is -2.53. The zero-order valence-corrected chi connectivity index (χ0v) is 14.0. The van der Waals surface area contributed by atoms with Crippen LogP contribution in [0.1, 0.15) is 50.1 Å². The van der Waals surface area contributed by atoms with Crippen LogP contribution in [0.25, 0.3) is 0 Å². The highest BCUT2D eigenvalue weighted by Crippen LogP contribution is 2.35. The largest absolute Gasteiger partial charge is 0.376 e. The van der Waals surface area contributed by atoms with E-state index in [2.05, 4.69) is 44.0 Å². The molecule has 0 saturated carbocycles. The molecular formula is C16H28N2OS. The standard InChI is InChI=1S/C16H28N2OS/c1-5-13-10-19-12(4)9-18(13)15(14(17)6-2)16-11(3)7-8-20-16/h7-8,12-15H,5-6,9-10,17H2,1-4H3. The number of hydrogen-bond acceptors (Lipinski definition) is 4. The van der Waals surface area contributed by atoms with Crippen LogP contribution >= 0.6 is 11.3 Å². The summed E-state index contributed by atoms with van der Waals surface area (Å²) >= 11 is 1.85. The van der Waals surface area contributed by atoms with Gasteiger partial charge in [0.2, 0.25) is 0 Å². The number of hydrogen-bond donors (Lipinski definition) is 1. The fraction of sp³-hybridized carbons (Fsp3) is 0.750. The molecule has 0 radical (unpaired) electrons. The number of nitrogens with zero attached hydrogens (tertiary/aromatic N) is 1.